The smallest absolute Gasteiger partial charge is 0.196 e. The Morgan fingerprint density at radius 3 is 2.39 bits per heavy atom. The van der Waals surface area contributed by atoms with Crippen molar-refractivity contribution in [1.29, 1.82) is 0 Å². The van der Waals surface area contributed by atoms with Crippen LogP contribution in [0.3, 0.4) is 0 Å². The van der Waals surface area contributed by atoms with Crippen molar-refractivity contribution in [3.05, 3.63) is 82.3 Å². The van der Waals surface area contributed by atoms with Crippen molar-refractivity contribution in [2.75, 3.05) is 5.75 Å². The summed E-state index contributed by atoms with van der Waals surface area (Å²) < 4.78 is 1.81. The van der Waals surface area contributed by atoms with Gasteiger partial charge in [-0.15, -0.1) is 10.2 Å². The number of halogens is 2. The van der Waals surface area contributed by atoms with Crippen molar-refractivity contribution in [2.45, 2.75) is 5.16 Å². The fourth-order valence-electron chi connectivity index (χ4n) is 2.91. The van der Waals surface area contributed by atoms with E-state index in [0.717, 1.165) is 5.69 Å². The van der Waals surface area contributed by atoms with E-state index >= 15 is 0 Å². The molecular formula is C22H15Cl2N3O3S. The Hall–Kier alpha value is -3.00. The van der Waals surface area contributed by atoms with Gasteiger partial charge in [0.25, 0.3) is 0 Å². The SMILES string of the molecule is O=C(CSc1nnc(-c2ccccc2Cl)n1-c1ccc(Cl)cc1)c1ccc(O)c(O)c1. The number of hydrogen-bond acceptors (Lipinski definition) is 6. The number of Topliss-reactive ketones (excluding diaryl/α,β-unsaturated/α-hetero) is 1. The van der Waals surface area contributed by atoms with Crippen LogP contribution in [-0.4, -0.2) is 36.5 Å². The first-order valence-electron chi connectivity index (χ1n) is 9.08. The number of phenolic OH excluding ortho intramolecular Hbond substituents is 2. The fourth-order valence-corrected chi connectivity index (χ4v) is 4.11. The molecule has 156 valence electrons. The second-order valence-corrected chi connectivity index (χ2v) is 8.30. The molecule has 1 heterocycles. The summed E-state index contributed by atoms with van der Waals surface area (Å²) in [4.78, 5) is 12.6. The Morgan fingerprint density at radius 1 is 0.935 bits per heavy atom. The Morgan fingerprint density at radius 2 is 1.68 bits per heavy atom. The maximum Gasteiger partial charge on any atom is 0.196 e. The summed E-state index contributed by atoms with van der Waals surface area (Å²) in [7, 11) is 0. The predicted octanol–water partition coefficient (Wildman–Crippen LogP) is 5.63. The van der Waals surface area contributed by atoms with Gasteiger partial charge in [-0.1, -0.05) is 47.1 Å². The highest BCUT2D eigenvalue weighted by atomic mass is 35.5. The summed E-state index contributed by atoms with van der Waals surface area (Å²) in [5, 5.41) is 29.3. The Balaban J connectivity index is 1.69. The molecule has 3 aromatic carbocycles. The number of phenols is 2. The van der Waals surface area contributed by atoms with Gasteiger partial charge in [0, 0.05) is 21.8 Å². The molecular weight excluding hydrogens is 457 g/mol. The number of thioether (sulfide) groups is 1. The molecule has 0 aliphatic carbocycles. The molecule has 0 aliphatic heterocycles. The zero-order chi connectivity index (χ0) is 22.0. The Kier molecular flexibility index (Phi) is 6.18. The van der Waals surface area contributed by atoms with Gasteiger partial charge in [0.1, 0.15) is 0 Å². The molecule has 0 fully saturated rings. The van der Waals surface area contributed by atoms with E-state index in [1.807, 2.05) is 34.9 Å². The quantitative estimate of drug-likeness (QED) is 0.215. The molecule has 0 saturated carbocycles. The summed E-state index contributed by atoms with van der Waals surface area (Å²) >= 11 is 13.6. The van der Waals surface area contributed by atoms with Crippen LogP contribution in [0.15, 0.2) is 71.9 Å². The highest BCUT2D eigenvalue weighted by Crippen LogP contribution is 2.33. The Labute approximate surface area is 192 Å². The number of carbonyl (C=O) groups is 1. The Bertz CT molecular complexity index is 1260. The van der Waals surface area contributed by atoms with Crippen LogP contribution in [0.4, 0.5) is 0 Å². The normalized spacial score (nSPS) is 10.9. The number of rotatable bonds is 6. The van der Waals surface area contributed by atoms with E-state index < -0.39 is 0 Å². The van der Waals surface area contributed by atoms with E-state index in [1.54, 1.807) is 18.2 Å². The van der Waals surface area contributed by atoms with E-state index in [0.29, 0.717) is 26.6 Å². The molecule has 9 heteroatoms. The van der Waals surface area contributed by atoms with Gasteiger partial charge < -0.3 is 10.2 Å². The lowest BCUT2D eigenvalue weighted by Crippen LogP contribution is -2.05. The van der Waals surface area contributed by atoms with Crippen LogP contribution in [0.5, 0.6) is 11.5 Å². The highest BCUT2D eigenvalue weighted by Gasteiger charge is 2.19. The highest BCUT2D eigenvalue weighted by molar-refractivity contribution is 7.99. The number of hydrogen-bond donors (Lipinski definition) is 2. The van der Waals surface area contributed by atoms with E-state index in [1.165, 1.54) is 30.0 Å². The number of ketones is 1. The first-order chi connectivity index (χ1) is 14.9. The third-order valence-corrected chi connectivity index (χ3v) is 5.97. The van der Waals surface area contributed by atoms with Crippen LogP contribution in [0, 0.1) is 0 Å². The van der Waals surface area contributed by atoms with E-state index in [4.69, 9.17) is 23.2 Å². The lowest BCUT2D eigenvalue weighted by atomic mass is 10.1. The second kappa shape index (κ2) is 9.01. The molecule has 1 aromatic heterocycles. The molecule has 6 nitrogen and oxygen atoms in total. The third-order valence-electron chi connectivity index (χ3n) is 4.46. The minimum atomic E-state index is -0.346. The minimum Gasteiger partial charge on any atom is -0.504 e. The summed E-state index contributed by atoms with van der Waals surface area (Å²) in [6.07, 6.45) is 0. The van der Waals surface area contributed by atoms with Crippen molar-refractivity contribution in [1.82, 2.24) is 14.8 Å². The lowest BCUT2D eigenvalue weighted by Gasteiger charge is -2.11. The van der Waals surface area contributed by atoms with Crippen molar-refractivity contribution in [2.24, 2.45) is 0 Å². The minimum absolute atomic E-state index is 0.0540. The molecule has 0 spiro atoms. The largest absolute Gasteiger partial charge is 0.504 e. The zero-order valence-electron chi connectivity index (χ0n) is 15.9. The summed E-state index contributed by atoms with van der Waals surface area (Å²) in [5.74, 6) is -0.272. The first-order valence-corrected chi connectivity index (χ1v) is 10.8. The van der Waals surface area contributed by atoms with Crippen molar-refractivity contribution in [3.63, 3.8) is 0 Å². The van der Waals surface area contributed by atoms with Crippen molar-refractivity contribution < 1.29 is 15.0 Å². The first kappa shape index (κ1) is 21.2. The molecule has 4 aromatic rings. The number of benzene rings is 3. The standard InChI is InChI=1S/C22H15Cl2N3O3S/c23-14-6-8-15(9-7-14)27-21(16-3-1-2-4-17(16)24)25-26-22(27)31-12-20(30)13-5-10-18(28)19(29)11-13/h1-11,28-29H,12H2. The third kappa shape index (κ3) is 4.54. The van der Waals surface area contributed by atoms with Gasteiger partial charge in [0.05, 0.1) is 10.8 Å². The van der Waals surface area contributed by atoms with Crippen LogP contribution >= 0.6 is 35.0 Å². The monoisotopic (exact) mass is 471 g/mol. The van der Waals surface area contributed by atoms with E-state index in [9.17, 15) is 15.0 Å². The average molecular weight is 472 g/mol. The number of aromatic nitrogens is 3. The molecule has 0 unspecified atom stereocenters. The summed E-state index contributed by atoms with van der Waals surface area (Å²) in [5.41, 5.74) is 1.75. The molecule has 4 rings (SSSR count). The van der Waals surface area contributed by atoms with E-state index in [2.05, 4.69) is 10.2 Å². The number of nitrogens with zero attached hydrogens (tertiary/aromatic N) is 3. The molecule has 2 N–H and O–H groups in total. The maximum atomic E-state index is 12.6. The van der Waals surface area contributed by atoms with Gasteiger partial charge in [-0.25, -0.2) is 0 Å². The molecule has 31 heavy (non-hydrogen) atoms. The van der Waals surface area contributed by atoms with Crippen LogP contribution in [0.1, 0.15) is 10.4 Å². The van der Waals surface area contributed by atoms with Crippen LogP contribution in [0.2, 0.25) is 10.0 Å². The van der Waals surface area contributed by atoms with Gasteiger partial charge in [-0.3, -0.25) is 9.36 Å². The van der Waals surface area contributed by atoms with Crippen molar-refractivity contribution in [3.8, 4) is 28.6 Å². The molecule has 0 saturated heterocycles. The second-order valence-electron chi connectivity index (χ2n) is 6.51. The van der Waals surface area contributed by atoms with E-state index in [-0.39, 0.29) is 28.6 Å². The molecule has 0 radical (unpaired) electrons. The van der Waals surface area contributed by atoms with Gasteiger partial charge in [-0.2, -0.15) is 0 Å². The molecule has 0 amide bonds. The van der Waals surface area contributed by atoms with Gasteiger partial charge in [0.2, 0.25) is 0 Å². The van der Waals surface area contributed by atoms with Gasteiger partial charge in [-0.05, 0) is 54.6 Å². The lowest BCUT2D eigenvalue weighted by molar-refractivity contribution is 0.102. The maximum absolute atomic E-state index is 12.6. The van der Waals surface area contributed by atoms with Crippen LogP contribution in [0.25, 0.3) is 17.1 Å². The topological polar surface area (TPSA) is 88.2 Å². The van der Waals surface area contributed by atoms with Crippen molar-refractivity contribution >= 4 is 40.7 Å². The molecule has 0 bridgehead atoms. The van der Waals surface area contributed by atoms with Gasteiger partial charge >= 0.3 is 0 Å². The fraction of sp³-hybridized carbons (Fsp3) is 0.0455. The van der Waals surface area contributed by atoms with Crippen LogP contribution in [-0.2, 0) is 0 Å². The average Bonchev–Trinajstić information content (AvgIpc) is 3.18. The van der Waals surface area contributed by atoms with Gasteiger partial charge in [0.15, 0.2) is 28.3 Å². The van der Waals surface area contributed by atoms with Crippen LogP contribution < -0.4 is 0 Å². The predicted molar refractivity (Wildman–Crippen MR) is 122 cm³/mol. The summed E-state index contributed by atoms with van der Waals surface area (Å²) in [6, 6.07) is 18.4. The number of carbonyl (C=O) groups excluding carboxylic acids is 1. The zero-order valence-corrected chi connectivity index (χ0v) is 18.2. The number of aromatic hydroxyl groups is 2. The molecule has 0 aliphatic rings. The molecule has 0 atom stereocenters. The summed E-state index contributed by atoms with van der Waals surface area (Å²) in [6.45, 7) is 0.